The van der Waals surface area contributed by atoms with Crippen molar-refractivity contribution in [2.24, 2.45) is 0 Å². The zero-order valence-corrected chi connectivity index (χ0v) is 12.3. The van der Waals surface area contributed by atoms with Crippen molar-refractivity contribution in [1.29, 1.82) is 5.26 Å². The molecule has 1 aromatic carbocycles. The van der Waals surface area contributed by atoms with Gasteiger partial charge in [-0.2, -0.15) is 31.6 Å². The first kappa shape index (κ1) is 19.2. The number of hydrogen-bond donors (Lipinski definition) is 0. The molecule has 0 aromatic heterocycles. The van der Waals surface area contributed by atoms with Crippen molar-refractivity contribution in [3.8, 4) is 6.07 Å². The van der Waals surface area contributed by atoms with Gasteiger partial charge in [-0.05, 0) is 36.4 Å². The van der Waals surface area contributed by atoms with E-state index in [1.54, 1.807) is 0 Å². The van der Waals surface area contributed by atoms with E-state index in [-0.39, 0.29) is 6.61 Å². The lowest BCUT2D eigenvalue weighted by Gasteiger charge is -2.16. The van der Waals surface area contributed by atoms with E-state index in [2.05, 4.69) is 4.74 Å². The minimum atomic E-state index is -4.92. The first-order valence-electron chi connectivity index (χ1n) is 6.04. The summed E-state index contributed by atoms with van der Waals surface area (Å²) in [6, 6.07) is 2.30. The molecule has 0 spiro atoms. The first-order chi connectivity index (χ1) is 10.5. The van der Waals surface area contributed by atoms with E-state index >= 15 is 0 Å². The lowest BCUT2D eigenvalue weighted by molar-refractivity contribution is -0.143. The van der Waals surface area contributed by atoms with E-state index in [1.807, 2.05) is 0 Å². The van der Waals surface area contributed by atoms with Gasteiger partial charge in [0.1, 0.15) is 6.07 Å². The van der Waals surface area contributed by atoms with E-state index in [0.717, 1.165) is 0 Å². The van der Waals surface area contributed by atoms with Crippen molar-refractivity contribution in [1.82, 2.24) is 0 Å². The highest BCUT2D eigenvalue weighted by Gasteiger charge is 2.38. The molecule has 0 heterocycles. The Morgan fingerprint density at radius 3 is 2.30 bits per heavy atom. The van der Waals surface area contributed by atoms with Crippen molar-refractivity contribution < 1.29 is 35.9 Å². The van der Waals surface area contributed by atoms with Gasteiger partial charge < -0.3 is 4.74 Å². The SMILES string of the molecule is CCOC(=O)Cc1c(C(F)(F)F)ccc(SC(F)(F)F)c1C#N. The number of nitriles is 1. The summed E-state index contributed by atoms with van der Waals surface area (Å²) in [6.07, 6.45) is -5.87. The summed E-state index contributed by atoms with van der Waals surface area (Å²) in [4.78, 5) is 10.7. The Morgan fingerprint density at radius 1 is 1.26 bits per heavy atom. The van der Waals surface area contributed by atoms with E-state index in [0.29, 0.717) is 12.1 Å². The summed E-state index contributed by atoms with van der Waals surface area (Å²) in [6.45, 7) is 1.31. The summed E-state index contributed by atoms with van der Waals surface area (Å²) < 4.78 is 80.8. The molecule has 1 rings (SSSR count). The molecule has 0 unspecified atom stereocenters. The molecule has 23 heavy (non-hydrogen) atoms. The van der Waals surface area contributed by atoms with Crippen LogP contribution in [0.5, 0.6) is 0 Å². The number of rotatable bonds is 4. The van der Waals surface area contributed by atoms with Gasteiger partial charge in [0.2, 0.25) is 0 Å². The molecule has 126 valence electrons. The fraction of sp³-hybridized carbons (Fsp3) is 0.385. The average molecular weight is 357 g/mol. The standard InChI is InChI=1S/C13H9F6NO2S/c1-2-22-11(21)5-7-8(6-20)10(23-13(17,18)19)4-3-9(7)12(14,15)16/h3-4H,2,5H2,1H3. The number of carbonyl (C=O) groups is 1. The third-order valence-electron chi connectivity index (χ3n) is 2.54. The van der Waals surface area contributed by atoms with Crippen LogP contribution in [-0.4, -0.2) is 18.1 Å². The van der Waals surface area contributed by atoms with Crippen molar-refractivity contribution in [3.63, 3.8) is 0 Å². The number of alkyl halides is 6. The highest BCUT2D eigenvalue weighted by atomic mass is 32.2. The van der Waals surface area contributed by atoms with Gasteiger partial charge in [0.05, 0.1) is 24.2 Å². The average Bonchev–Trinajstić information content (AvgIpc) is 2.35. The molecule has 10 heteroatoms. The Morgan fingerprint density at radius 2 is 1.87 bits per heavy atom. The maximum atomic E-state index is 13.0. The molecule has 0 saturated heterocycles. The van der Waals surface area contributed by atoms with Crippen LogP contribution in [0.3, 0.4) is 0 Å². The molecule has 0 radical (unpaired) electrons. The van der Waals surface area contributed by atoms with Gasteiger partial charge in [0.25, 0.3) is 0 Å². The Kier molecular flexibility index (Phi) is 5.93. The van der Waals surface area contributed by atoms with Crippen LogP contribution < -0.4 is 0 Å². The van der Waals surface area contributed by atoms with Crippen molar-refractivity contribution >= 4 is 17.7 Å². The molecule has 0 aliphatic rings. The predicted molar refractivity (Wildman–Crippen MR) is 68.4 cm³/mol. The van der Waals surface area contributed by atoms with Gasteiger partial charge in [-0.15, -0.1) is 0 Å². The van der Waals surface area contributed by atoms with Crippen LogP contribution in [-0.2, 0) is 22.1 Å². The second kappa shape index (κ2) is 7.12. The molecule has 0 fully saturated rings. The van der Waals surface area contributed by atoms with Gasteiger partial charge in [0, 0.05) is 4.90 Å². The predicted octanol–water partition coefficient (Wildman–Crippen LogP) is 4.29. The molecule has 0 atom stereocenters. The zero-order chi connectivity index (χ0) is 17.8. The number of hydrogen-bond acceptors (Lipinski definition) is 4. The summed E-state index contributed by atoms with van der Waals surface area (Å²) in [5.74, 6) is -1.07. The number of ether oxygens (including phenoxy) is 1. The topological polar surface area (TPSA) is 50.1 Å². The smallest absolute Gasteiger partial charge is 0.446 e. The van der Waals surface area contributed by atoms with Gasteiger partial charge in [-0.25, -0.2) is 0 Å². The molecule has 3 nitrogen and oxygen atoms in total. The summed E-state index contributed by atoms with van der Waals surface area (Å²) >= 11 is -0.716. The molecule has 0 saturated carbocycles. The largest absolute Gasteiger partial charge is 0.466 e. The van der Waals surface area contributed by atoms with Crippen molar-refractivity contribution in [3.05, 3.63) is 28.8 Å². The maximum Gasteiger partial charge on any atom is 0.446 e. The molecule has 0 aliphatic heterocycles. The van der Waals surface area contributed by atoms with Crippen molar-refractivity contribution in [2.45, 2.75) is 29.9 Å². The Balaban J connectivity index is 3.47. The second-order valence-corrected chi connectivity index (χ2v) is 5.21. The van der Waals surface area contributed by atoms with Crippen LogP contribution >= 0.6 is 11.8 Å². The second-order valence-electron chi connectivity index (χ2n) is 4.10. The van der Waals surface area contributed by atoms with Gasteiger partial charge in [0.15, 0.2) is 0 Å². The minimum absolute atomic E-state index is 0.112. The van der Waals surface area contributed by atoms with E-state index < -0.39 is 57.4 Å². The van der Waals surface area contributed by atoms with E-state index in [4.69, 9.17) is 5.26 Å². The molecule has 1 aromatic rings. The molecular formula is C13H9F6NO2S. The lowest BCUT2D eigenvalue weighted by Crippen LogP contribution is -2.16. The Bertz CT molecular complexity index is 633. The third-order valence-corrected chi connectivity index (χ3v) is 3.34. The van der Waals surface area contributed by atoms with Crippen LogP contribution in [0.1, 0.15) is 23.6 Å². The monoisotopic (exact) mass is 357 g/mol. The maximum absolute atomic E-state index is 13.0. The van der Waals surface area contributed by atoms with Crippen molar-refractivity contribution in [2.75, 3.05) is 6.61 Å². The molecule has 0 N–H and O–H groups in total. The number of esters is 1. The lowest BCUT2D eigenvalue weighted by atomic mass is 9.98. The van der Waals surface area contributed by atoms with Crippen LogP contribution in [0, 0.1) is 11.3 Å². The number of thioether (sulfide) groups is 1. The normalized spacial score (nSPS) is 11.9. The number of halogens is 6. The highest BCUT2D eigenvalue weighted by molar-refractivity contribution is 8.00. The minimum Gasteiger partial charge on any atom is -0.466 e. The Labute approximate surface area is 131 Å². The van der Waals surface area contributed by atoms with E-state index in [1.165, 1.54) is 13.0 Å². The van der Waals surface area contributed by atoms with Gasteiger partial charge in [-0.3, -0.25) is 4.79 Å². The van der Waals surface area contributed by atoms with Crippen LogP contribution in [0.4, 0.5) is 26.3 Å². The quantitative estimate of drug-likeness (QED) is 0.458. The molecular weight excluding hydrogens is 348 g/mol. The fourth-order valence-electron chi connectivity index (χ4n) is 1.76. The molecule has 0 bridgehead atoms. The molecule has 0 amide bonds. The molecule has 0 aliphatic carbocycles. The van der Waals surface area contributed by atoms with Gasteiger partial charge >= 0.3 is 17.7 Å². The first-order valence-corrected chi connectivity index (χ1v) is 6.85. The number of carbonyl (C=O) groups excluding carboxylic acids is 1. The van der Waals surface area contributed by atoms with Crippen LogP contribution in [0.25, 0.3) is 0 Å². The number of nitrogens with zero attached hydrogens (tertiary/aromatic N) is 1. The summed E-state index contributed by atoms with van der Waals surface area (Å²) in [5.41, 5.74) is -7.79. The third kappa shape index (κ3) is 5.35. The van der Waals surface area contributed by atoms with Crippen LogP contribution in [0.2, 0.25) is 0 Å². The summed E-state index contributed by atoms with van der Waals surface area (Å²) in [7, 11) is 0. The fourth-order valence-corrected chi connectivity index (χ4v) is 2.42. The van der Waals surface area contributed by atoms with Crippen LogP contribution in [0.15, 0.2) is 17.0 Å². The highest BCUT2D eigenvalue weighted by Crippen LogP contribution is 2.42. The number of benzene rings is 1. The zero-order valence-electron chi connectivity index (χ0n) is 11.5. The van der Waals surface area contributed by atoms with E-state index in [9.17, 15) is 31.1 Å². The van der Waals surface area contributed by atoms with Gasteiger partial charge in [-0.1, -0.05) is 0 Å². The Hall–Kier alpha value is -1.89. The summed E-state index contributed by atoms with van der Waals surface area (Å²) in [5, 5.41) is 8.98.